The van der Waals surface area contributed by atoms with Gasteiger partial charge in [-0.3, -0.25) is 0 Å². The van der Waals surface area contributed by atoms with Crippen LogP contribution < -0.4 is 0 Å². The monoisotopic (exact) mass is 232 g/mol. The van der Waals surface area contributed by atoms with Gasteiger partial charge in [0, 0.05) is 0 Å². The van der Waals surface area contributed by atoms with Crippen molar-refractivity contribution in [3.05, 3.63) is 53.8 Å². The van der Waals surface area contributed by atoms with E-state index in [1.54, 1.807) is 12.1 Å². The molecule has 0 bridgehead atoms. The van der Waals surface area contributed by atoms with E-state index in [2.05, 4.69) is 0 Å². The first-order valence-corrected chi connectivity index (χ1v) is 4.89. The highest BCUT2D eigenvalue weighted by Gasteiger charge is 2.08. The molecule has 0 saturated carbocycles. The molecule has 3 nitrogen and oxygen atoms in total. The summed E-state index contributed by atoms with van der Waals surface area (Å²) in [4.78, 5) is 10.8. The van der Waals surface area contributed by atoms with Gasteiger partial charge in [-0.25, -0.2) is 9.18 Å². The van der Waals surface area contributed by atoms with Crippen molar-refractivity contribution in [2.45, 2.75) is 0 Å². The second kappa shape index (κ2) is 4.25. The number of aromatic hydroxyl groups is 1. The van der Waals surface area contributed by atoms with E-state index >= 15 is 0 Å². The summed E-state index contributed by atoms with van der Waals surface area (Å²) in [6.45, 7) is 0. The Balaban J connectivity index is 2.56. The predicted molar refractivity (Wildman–Crippen MR) is 60.5 cm³/mol. The molecule has 0 heterocycles. The largest absolute Gasteiger partial charge is 0.508 e. The Morgan fingerprint density at radius 3 is 2.47 bits per heavy atom. The number of rotatable bonds is 2. The molecule has 0 radical (unpaired) electrons. The number of halogens is 1. The molecule has 4 heteroatoms. The van der Waals surface area contributed by atoms with E-state index in [4.69, 9.17) is 5.11 Å². The van der Waals surface area contributed by atoms with Crippen molar-refractivity contribution < 1.29 is 19.4 Å². The van der Waals surface area contributed by atoms with Gasteiger partial charge in [0.05, 0.1) is 5.56 Å². The molecular weight excluding hydrogens is 223 g/mol. The third-order valence-electron chi connectivity index (χ3n) is 2.32. The van der Waals surface area contributed by atoms with Gasteiger partial charge in [-0.2, -0.15) is 0 Å². The third kappa shape index (κ3) is 2.42. The molecule has 0 aliphatic carbocycles. The zero-order valence-corrected chi connectivity index (χ0v) is 8.72. The van der Waals surface area contributed by atoms with Crippen LogP contribution in [0, 0.1) is 5.82 Å². The number of hydrogen-bond acceptors (Lipinski definition) is 2. The molecule has 0 aliphatic heterocycles. The quantitative estimate of drug-likeness (QED) is 0.836. The molecule has 2 aromatic rings. The maximum Gasteiger partial charge on any atom is 0.335 e. The average molecular weight is 232 g/mol. The van der Waals surface area contributed by atoms with E-state index in [9.17, 15) is 14.3 Å². The number of phenolic OH excluding ortho intramolecular Hbond substituents is 1. The van der Waals surface area contributed by atoms with Crippen LogP contribution >= 0.6 is 0 Å². The van der Waals surface area contributed by atoms with Crippen LogP contribution in [-0.2, 0) is 0 Å². The standard InChI is InChI=1S/C13H9FO3/c14-11-5-9(4-10(6-11)13(16)17)8-2-1-3-12(15)7-8/h1-7,15H,(H,16,17). The molecule has 2 rings (SSSR count). The first-order chi connectivity index (χ1) is 8.06. The Kier molecular flexibility index (Phi) is 2.78. The van der Waals surface area contributed by atoms with Gasteiger partial charge < -0.3 is 10.2 Å². The molecular formula is C13H9FO3. The molecule has 0 atom stereocenters. The minimum absolute atomic E-state index is 0.0450. The number of carbonyl (C=O) groups is 1. The summed E-state index contributed by atoms with van der Waals surface area (Å²) in [5.74, 6) is -1.77. The molecule has 0 spiro atoms. The average Bonchev–Trinajstić information content (AvgIpc) is 2.28. The lowest BCUT2D eigenvalue weighted by Gasteiger charge is -2.04. The highest BCUT2D eigenvalue weighted by atomic mass is 19.1. The minimum Gasteiger partial charge on any atom is -0.508 e. The first kappa shape index (κ1) is 11.1. The van der Waals surface area contributed by atoms with Crippen LogP contribution in [0.4, 0.5) is 4.39 Å². The van der Waals surface area contributed by atoms with Crippen LogP contribution in [0.5, 0.6) is 5.75 Å². The smallest absolute Gasteiger partial charge is 0.335 e. The van der Waals surface area contributed by atoms with E-state index in [1.807, 2.05) is 0 Å². The lowest BCUT2D eigenvalue weighted by Crippen LogP contribution is -1.97. The molecule has 0 aromatic heterocycles. The van der Waals surface area contributed by atoms with Crippen molar-refractivity contribution in [2.75, 3.05) is 0 Å². The number of aromatic carboxylic acids is 1. The van der Waals surface area contributed by atoms with E-state index in [1.165, 1.54) is 24.3 Å². The Morgan fingerprint density at radius 2 is 1.82 bits per heavy atom. The highest BCUT2D eigenvalue weighted by molar-refractivity contribution is 5.89. The Morgan fingerprint density at radius 1 is 1.06 bits per heavy atom. The van der Waals surface area contributed by atoms with Gasteiger partial charge in [-0.15, -0.1) is 0 Å². The SMILES string of the molecule is O=C(O)c1cc(F)cc(-c2cccc(O)c2)c1. The van der Waals surface area contributed by atoms with Crippen molar-refractivity contribution in [1.29, 1.82) is 0 Å². The summed E-state index contributed by atoms with van der Waals surface area (Å²) >= 11 is 0. The van der Waals surface area contributed by atoms with Gasteiger partial charge in [0.2, 0.25) is 0 Å². The maximum absolute atomic E-state index is 13.2. The number of carboxylic acids is 1. The van der Waals surface area contributed by atoms with Gasteiger partial charge in [0.25, 0.3) is 0 Å². The van der Waals surface area contributed by atoms with Crippen LogP contribution in [-0.4, -0.2) is 16.2 Å². The van der Waals surface area contributed by atoms with Crippen molar-refractivity contribution in [2.24, 2.45) is 0 Å². The summed E-state index contributed by atoms with van der Waals surface area (Å²) in [5, 5.41) is 18.1. The zero-order chi connectivity index (χ0) is 12.4. The van der Waals surface area contributed by atoms with Crippen molar-refractivity contribution in [3.63, 3.8) is 0 Å². The summed E-state index contributed by atoms with van der Waals surface area (Å²) in [5.41, 5.74) is 0.855. The number of phenols is 1. The first-order valence-electron chi connectivity index (χ1n) is 4.89. The summed E-state index contributed by atoms with van der Waals surface area (Å²) in [6.07, 6.45) is 0. The molecule has 0 saturated heterocycles. The van der Waals surface area contributed by atoms with Crippen LogP contribution in [0.25, 0.3) is 11.1 Å². The summed E-state index contributed by atoms with van der Waals surface area (Å²) in [7, 11) is 0. The van der Waals surface area contributed by atoms with Gasteiger partial charge in [0.1, 0.15) is 11.6 Å². The lowest BCUT2D eigenvalue weighted by molar-refractivity contribution is 0.0696. The van der Waals surface area contributed by atoms with E-state index in [-0.39, 0.29) is 11.3 Å². The van der Waals surface area contributed by atoms with E-state index in [0.717, 1.165) is 6.07 Å². The van der Waals surface area contributed by atoms with Gasteiger partial charge >= 0.3 is 5.97 Å². The lowest BCUT2D eigenvalue weighted by atomic mass is 10.0. The van der Waals surface area contributed by atoms with Gasteiger partial charge in [0.15, 0.2) is 0 Å². The number of benzene rings is 2. The van der Waals surface area contributed by atoms with Crippen LogP contribution in [0.2, 0.25) is 0 Å². The zero-order valence-electron chi connectivity index (χ0n) is 8.72. The minimum atomic E-state index is -1.19. The maximum atomic E-state index is 13.2. The fourth-order valence-corrected chi connectivity index (χ4v) is 1.57. The van der Waals surface area contributed by atoms with Crippen LogP contribution in [0.3, 0.4) is 0 Å². The van der Waals surface area contributed by atoms with Crippen LogP contribution in [0.15, 0.2) is 42.5 Å². The summed E-state index contributed by atoms with van der Waals surface area (Å²) in [6, 6.07) is 9.74. The number of carboxylic acid groups (broad SMARTS) is 1. The topological polar surface area (TPSA) is 57.5 Å². The predicted octanol–water partition coefficient (Wildman–Crippen LogP) is 2.90. The highest BCUT2D eigenvalue weighted by Crippen LogP contribution is 2.25. The molecule has 0 fully saturated rings. The van der Waals surface area contributed by atoms with Crippen LogP contribution in [0.1, 0.15) is 10.4 Å². The second-order valence-electron chi connectivity index (χ2n) is 3.58. The number of hydrogen-bond donors (Lipinski definition) is 2. The molecule has 0 aliphatic rings. The Bertz CT molecular complexity index is 579. The Hall–Kier alpha value is -2.36. The fourth-order valence-electron chi connectivity index (χ4n) is 1.57. The Labute approximate surface area is 96.8 Å². The molecule has 0 amide bonds. The molecule has 2 aromatic carbocycles. The molecule has 0 unspecified atom stereocenters. The molecule has 86 valence electrons. The van der Waals surface area contributed by atoms with Crippen molar-refractivity contribution in [1.82, 2.24) is 0 Å². The molecule has 17 heavy (non-hydrogen) atoms. The third-order valence-corrected chi connectivity index (χ3v) is 2.32. The molecule has 2 N–H and O–H groups in total. The van der Waals surface area contributed by atoms with Gasteiger partial charge in [-0.1, -0.05) is 12.1 Å². The summed E-state index contributed by atoms with van der Waals surface area (Å²) < 4.78 is 13.2. The second-order valence-corrected chi connectivity index (χ2v) is 3.58. The van der Waals surface area contributed by atoms with Crippen molar-refractivity contribution >= 4 is 5.97 Å². The van der Waals surface area contributed by atoms with Gasteiger partial charge in [-0.05, 0) is 41.5 Å². The van der Waals surface area contributed by atoms with E-state index in [0.29, 0.717) is 11.1 Å². The fraction of sp³-hybridized carbons (Fsp3) is 0. The van der Waals surface area contributed by atoms with Crippen molar-refractivity contribution in [3.8, 4) is 16.9 Å². The van der Waals surface area contributed by atoms with E-state index < -0.39 is 11.8 Å². The normalized spacial score (nSPS) is 10.2.